The molecule has 9 nitrogen and oxygen atoms in total. The van der Waals surface area contributed by atoms with Crippen molar-refractivity contribution in [3.05, 3.63) is 22.7 Å². The quantitative estimate of drug-likeness (QED) is 0.484. The third-order valence-corrected chi connectivity index (χ3v) is 3.02. The Balaban J connectivity index is 2.17. The lowest BCUT2D eigenvalue weighted by molar-refractivity contribution is -0.120. The fourth-order valence-electron chi connectivity index (χ4n) is 1.99. The molecule has 1 fully saturated rings. The Morgan fingerprint density at radius 2 is 2.25 bits per heavy atom. The maximum atomic E-state index is 11.7. The first kappa shape index (κ1) is 14.4. The molecular weight excluding hydrogens is 268 g/mol. The Labute approximate surface area is 114 Å². The van der Waals surface area contributed by atoms with Crippen LogP contribution in [0.25, 0.3) is 0 Å². The molecule has 110 valence electrons. The molecule has 1 aliphatic heterocycles. The number of carbonyl (C=O) groups is 1. The Hall–Kier alpha value is -1.97. The van der Waals surface area contributed by atoms with Crippen LogP contribution in [0.4, 0.5) is 5.82 Å². The number of nitrogens with one attached hydrogen (secondary N) is 1. The Kier molecular flexibility index (Phi) is 4.02. The molecule has 1 amide bonds. The number of nitrogen functional groups attached to an aromatic ring is 1. The predicted molar refractivity (Wildman–Crippen MR) is 67.5 cm³/mol. The summed E-state index contributed by atoms with van der Waals surface area (Å²) in [6, 6.07) is 1.38. The maximum Gasteiger partial charge on any atom is 0.351 e. The third-order valence-electron chi connectivity index (χ3n) is 3.02. The summed E-state index contributed by atoms with van der Waals surface area (Å²) in [5, 5.41) is 22.3. The summed E-state index contributed by atoms with van der Waals surface area (Å²) >= 11 is 0. The second kappa shape index (κ2) is 5.57. The first-order chi connectivity index (χ1) is 9.40. The summed E-state index contributed by atoms with van der Waals surface area (Å²) in [5.41, 5.74) is 4.68. The molecule has 0 bridgehead atoms. The van der Waals surface area contributed by atoms with Crippen LogP contribution >= 0.6 is 0 Å². The van der Waals surface area contributed by atoms with Crippen LogP contribution in [0.3, 0.4) is 0 Å². The zero-order valence-corrected chi connectivity index (χ0v) is 10.8. The number of hydrogen-bond donors (Lipinski definition) is 4. The molecule has 2 heterocycles. The monoisotopic (exact) mass is 284 g/mol. The Bertz CT molecular complexity index is 560. The molecule has 0 saturated carbocycles. The molecule has 1 saturated heterocycles. The van der Waals surface area contributed by atoms with Crippen LogP contribution in [0.15, 0.2) is 17.1 Å². The van der Waals surface area contributed by atoms with E-state index >= 15 is 0 Å². The predicted octanol–water partition coefficient (Wildman–Crippen LogP) is -2.42. The van der Waals surface area contributed by atoms with Gasteiger partial charge in [-0.15, -0.1) is 0 Å². The van der Waals surface area contributed by atoms with Crippen molar-refractivity contribution in [2.24, 2.45) is 0 Å². The maximum absolute atomic E-state index is 11.7. The standard InChI is InChI=1S/C11H16N4O5/c1-5(16)13-4-6-8(17)9(18)10(20-6)15-3-2-7(12)14-11(15)19/h2-3,6,8-10,17-18H,4H2,1H3,(H,13,16)(H2,12,14,19)/t6-,8-,9-,10-/m1/s1. The molecule has 1 aliphatic rings. The number of aliphatic hydroxyl groups excluding tert-OH is 2. The van der Waals surface area contributed by atoms with E-state index in [0.717, 1.165) is 4.57 Å². The van der Waals surface area contributed by atoms with Crippen molar-refractivity contribution in [1.29, 1.82) is 0 Å². The lowest BCUT2D eigenvalue weighted by Crippen LogP contribution is -2.39. The van der Waals surface area contributed by atoms with E-state index in [-0.39, 0.29) is 18.3 Å². The summed E-state index contributed by atoms with van der Waals surface area (Å²) in [4.78, 5) is 26.0. The largest absolute Gasteiger partial charge is 0.387 e. The van der Waals surface area contributed by atoms with Crippen LogP contribution in [0, 0.1) is 0 Å². The fraction of sp³-hybridized carbons (Fsp3) is 0.545. The Morgan fingerprint density at radius 3 is 2.85 bits per heavy atom. The van der Waals surface area contributed by atoms with Gasteiger partial charge in [-0.3, -0.25) is 9.36 Å². The molecule has 9 heteroatoms. The molecule has 2 rings (SSSR count). The van der Waals surface area contributed by atoms with Gasteiger partial charge in [0.25, 0.3) is 0 Å². The smallest absolute Gasteiger partial charge is 0.351 e. The van der Waals surface area contributed by atoms with Gasteiger partial charge in [0.05, 0.1) is 0 Å². The minimum absolute atomic E-state index is 0.0290. The van der Waals surface area contributed by atoms with Crippen molar-refractivity contribution >= 4 is 11.7 Å². The number of aliphatic hydroxyl groups is 2. The van der Waals surface area contributed by atoms with Gasteiger partial charge in [0.2, 0.25) is 5.91 Å². The van der Waals surface area contributed by atoms with E-state index in [1.807, 2.05) is 0 Å². The number of amides is 1. The fourth-order valence-corrected chi connectivity index (χ4v) is 1.99. The number of nitrogens with two attached hydrogens (primary N) is 1. The lowest BCUT2D eigenvalue weighted by Gasteiger charge is -2.16. The van der Waals surface area contributed by atoms with Crippen molar-refractivity contribution < 1.29 is 19.7 Å². The number of hydrogen-bond acceptors (Lipinski definition) is 7. The average molecular weight is 284 g/mol. The first-order valence-corrected chi connectivity index (χ1v) is 6.01. The summed E-state index contributed by atoms with van der Waals surface area (Å²) in [6.45, 7) is 1.35. The molecule has 4 atom stereocenters. The van der Waals surface area contributed by atoms with Gasteiger partial charge in [-0.25, -0.2) is 4.79 Å². The molecule has 0 radical (unpaired) electrons. The first-order valence-electron chi connectivity index (χ1n) is 6.01. The molecule has 1 aromatic heterocycles. The normalized spacial score (nSPS) is 29.4. The van der Waals surface area contributed by atoms with Crippen LogP contribution in [-0.4, -0.2) is 50.5 Å². The third kappa shape index (κ3) is 2.79. The second-order valence-corrected chi connectivity index (χ2v) is 4.53. The zero-order chi connectivity index (χ0) is 14.9. The number of anilines is 1. The molecule has 0 aliphatic carbocycles. The molecule has 1 aromatic rings. The van der Waals surface area contributed by atoms with Gasteiger partial charge in [-0.2, -0.15) is 4.98 Å². The van der Waals surface area contributed by atoms with Gasteiger partial charge < -0.3 is 26.0 Å². The van der Waals surface area contributed by atoms with E-state index in [4.69, 9.17) is 10.5 Å². The highest BCUT2D eigenvalue weighted by atomic mass is 16.6. The highest BCUT2D eigenvalue weighted by Gasteiger charge is 2.44. The van der Waals surface area contributed by atoms with Gasteiger partial charge >= 0.3 is 5.69 Å². The summed E-state index contributed by atoms with van der Waals surface area (Å²) in [5.74, 6) is -0.237. The SMILES string of the molecule is CC(=O)NC[C@H]1O[C@@H](n2ccc(N)nc2=O)[C@H](O)[C@@H]1O. The number of ether oxygens (including phenoxy) is 1. The Morgan fingerprint density at radius 1 is 1.55 bits per heavy atom. The van der Waals surface area contributed by atoms with Gasteiger partial charge in [-0.1, -0.05) is 0 Å². The van der Waals surface area contributed by atoms with E-state index in [1.54, 1.807) is 0 Å². The summed E-state index contributed by atoms with van der Waals surface area (Å²) in [7, 11) is 0. The van der Waals surface area contributed by atoms with Crippen LogP contribution in [0.1, 0.15) is 13.2 Å². The lowest BCUT2D eigenvalue weighted by atomic mass is 10.1. The van der Waals surface area contributed by atoms with Gasteiger partial charge in [0, 0.05) is 19.7 Å². The molecule has 0 aromatic carbocycles. The van der Waals surface area contributed by atoms with Crippen molar-refractivity contribution in [2.45, 2.75) is 31.5 Å². The number of aromatic nitrogens is 2. The van der Waals surface area contributed by atoms with E-state index in [1.165, 1.54) is 19.2 Å². The molecule has 20 heavy (non-hydrogen) atoms. The van der Waals surface area contributed by atoms with Gasteiger partial charge in [-0.05, 0) is 6.07 Å². The highest BCUT2D eigenvalue weighted by Crippen LogP contribution is 2.27. The average Bonchev–Trinajstić information content (AvgIpc) is 2.64. The van der Waals surface area contributed by atoms with E-state index in [0.29, 0.717) is 0 Å². The van der Waals surface area contributed by atoms with Gasteiger partial charge in [0.1, 0.15) is 24.1 Å². The summed E-state index contributed by atoms with van der Waals surface area (Å²) in [6.07, 6.45) is -3.10. The van der Waals surface area contributed by atoms with E-state index in [9.17, 15) is 19.8 Å². The second-order valence-electron chi connectivity index (χ2n) is 4.53. The van der Waals surface area contributed by atoms with Crippen molar-refractivity contribution in [3.8, 4) is 0 Å². The number of nitrogens with zero attached hydrogens (tertiary/aromatic N) is 2. The summed E-state index contributed by atoms with van der Waals surface area (Å²) < 4.78 is 6.45. The molecular formula is C11H16N4O5. The van der Waals surface area contributed by atoms with Crippen molar-refractivity contribution in [3.63, 3.8) is 0 Å². The van der Waals surface area contributed by atoms with Crippen LogP contribution in [0.5, 0.6) is 0 Å². The van der Waals surface area contributed by atoms with E-state index in [2.05, 4.69) is 10.3 Å². The zero-order valence-electron chi connectivity index (χ0n) is 10.8. The van der Waals surface area contributed by atoms with Crippen LogP contribution in [0.2, 0.25) is 0 Å². The topological polar surface area (TPSA) is 140 Å². The van der Waals surface area contributed by atoms with E-state index < -0.39 is 30.2 Å². The van der Waals surface area contributed by atoms with Crippen molar-refractivity contribution in [1.82, 2.24) is 14.9 Å². The molecule has 0 unspecified atom stereocenters. The van der Waals surface area contributed by atoms with Crippen LogP contribution in [-0.2, 0) is 9.53 Å². The molecule has 0 spiro atoms. The molecule has 5 N–H and O–H groups in total. The number of carbonyl (C=O) groups excluding carboxylic acids is 1. The minimum atomic E-state index is -1.31. The van der Waals surface area contributed by atoms with Crippen molar-refractivity contribution in [2.75, 3.05) is 12.3 Å². The van der Waals surface area contributed by atoms with Crippen LogP contribution < -0.4 is 16.7 Å². The number of rotatable bonds is 3. The van der Waals surface area contributed by atoms with Gasteiger partial charge in [0.15, 0.2) is 6.23 Å². The highest BCUT2D eigenvalue weighted by molar-refractivity contribution is 5.72. The minimum Gasteiger partial charge on any atom is -0.387 e.